The van der Waals surface area contributed by atoms with Gasteiger partial charge in [-0.05, 0) is 50.9 Å². The smallest absolute Gasteiger partial charge is 0.232 e. The molecule has 7 heteroatoms. The predicted octanol–water partition coefficient (Wildman–Crippen LogP) is 0.971. The van der Waals surface area contributed by atoms with Crippen molar-refractivity contribution in [2.45, 2.75) is 38.1 Å². The number of nitrogens with one attached hydrogen (secondary N) is 1. The maximum absolute atomic E-state index is 11.7. The van der Waals surface area contributed by atoms with Crippen LogP contribution in [0.15, 0.2) is 18.0 Å². The van der Waals surface area contributed by atoms with Gasteiger partial charge in [-0.15, -0.1) is 0 Å². The maximum Gasteiger partial charge on any atom is 0.232 e. The zero-order valence-corrected chi connectivity index (χ0v) is 14.3. The molecule has 0 aromatic carbocycles. The molecular formula is C18H23N5O2. The summed E-state index contributed by atoms with van der Waals surface area (Å²) in [5.41, 5.74) is 0.972. The van der Waals surface area contributed by atoms with Crippen molar-refractivity contribution in [3.63, 3.8) is 0 Å². The van der Waals surface area contributed by atoms with E-state index in [0.29, 0.717) is 23.4 Å². The van der Waals surface area contributed by atoms with E-state index in [1.807, 2.05) is 0 Å². The van der Waals surface area contributed by atoms with Crippen LogP contribution in [-0.2, 0) is 9.59 Å². The average molecular weight is 341 g/mol. The van der Waals surface area contributed by atoms with Gasteiger partial charge in [-0.2, -0.15) is 0 Å². The third-order valence-corrected chi connectivity index (χ3v) is 5.26. The second kappa shape index (κ2) is 6.92. The molecule has 1 aromatic rings. The Hall–Kier alpha value is -2.28. The number of carbonyl (C=O) groups is 2. The molecule has 3 aliphatic rings. The minimum atomic E-state index is -0.255. The molecule has 0 saturated carbocycles. The highest BCUT2D eigenvalue weighted by molar-refractivity contribution is 6.16. The summed E-state index contributed by atoms with van der Waals surface area (Å²) < 4.78 is 0. The summed E-state index contributed by atoms with van der Waals surface area (Å²) in [4.78, 5) is 36.8. The summed E-state index contributed by atoms with van der Waals surface area (Å²) in [5, 5.41) is 2.58. The van der Waals surface area contributed by atoms with Crippen LogP contribution in [0.25, 0.3) is 6.08 Å². The number of hydrogen-bond acceptors (Lipinski definition) is 6. The Morgan fingerprint density at radius 3 is 2.56 bits per heavy atom. The highest BCUT2D eigenvalue weighted by atomic mass is 16.2. The summed E-state index contributed by atoms with van der Waals surface area (Å²) in [6.45, 7) is 4.39. The van der Waals surface area contributed by atoms with Crippen molar-refractivity contribution < 1.29 is 9.59 Å². The first-order valence-corrected chi connectivity index (χ1v) is 9.06. The molecule has 3 aliphatic heterocycles. The van der Waals surface area contributed by atoms with E-state index in [-0.39, 0.29) is 18.1 Å². The molecule has 0 atom stereocenters. The van der Waals surface area contributed by atoms with Crippen LogP contribution in [-0.4, -0.2) is 58.8 Å². The number of carbonyl (C=O) groups excluding carboxylic acids is 2. The van der Waals surface area contributed by atoms with E-state index in [2.05, 4.69) is 25.1 Å². The molecule has 1 aromatic heterocycles. The van der Waals surface area contributed by atoms with Crippen LogP contribution in [0.5, 0.6) is 0 Å². The predicted molar refractivity (Wildman–Crippen MR) is 93.8 cm³/mol. The van der Waals surface area contributed by atoms with Crippen molar-refractivity contribution in [2.24, 2.45) is 0 Å². The summed E-state index contributed by atoms with van der Waals surface area (Å²) in [5.74, 6) is 0.261. The average Bonchev–Trinajstić information content (AvgIpc) is 3.26. The first kappa shape index (κ1) is 16.2. The van der Waals surface area contributed by atoms with Crippen LogP contribution < -0.4 is 10.2 Å². The molecule has 0 aliphatic carbocycles. The monoisotopic (exact) mass is 341 g/mol. The van der Waals surface area contributed by atoms with Gasteiger partial charge in [0.25, 0.3) is 0 Å². The number of allylic oxidation sites excluding steroid dienone is 1. The minimum Gasteiger partial charge on any atom is -0.341 e. The van der Waals surface area contributed by atoms with Gasteiger partial charge in [-0.1, -0.05) is 0 Å². The number of amides is 1. The normalized spacial score (nSPS) is 24.3. The lowest BCUT2D eigenvalue weighted by molar-refractivity contribution is -0.121. The Morgan fingerprint density at radius 2 is 1.88 bits per heavy atom. The Kier molecular flexibility index (Phi) is 4.48. The van der Waals surface area contributed by atoms with E-state index >= 15 is 0 Å². The van der Waals surface area contributed by atoms with E-state index in [1.54, 1.807) is 18.3 Å². The lowest BCUT2D eigenvalue weighted by Crippen LogP contribution is -2.44. The number of nitrogens with zero attached hydrogens (tertiary/aromatic N) is 4. The second-order valence-corrected chi connectivity index (χ2v) is 6.95. The summed E-state index contributed by atoms with van der Waals surface area (Å²) in [6.07, 6.45) is 8.21. The van der Waals surface area contributed by atoms with Crippen LogP contribution in [0.4, 0.5) is 5.95 Å². The minimum absolute atomic E-state index is 0.0756. The number of piperidine rings is 1. The first-order chi connectivity index (χ1) is 12.2. The zero-order chi connectivity index (χ0) is 17.2. The van der Waals surface area contributed by atoms with Crippen molar-refractivity contribution in [1.82, 2.24) is 20.2 Å². The Balaban J connectivity index is 1.43. The molecule has 25 heavy (non-hydrogen) atoms. The van der Waals surface area contributed by atoms with Crippen molar-refractivity contribution in [1.29, 1.82) is 0 Å². The van der Waals surface area contributed by atoms with E-state index in [0.717, 1.165) is 25.9 Å². The standard InChI is InChI=1S/C18H23N5O2/c24-16-12-17(25)21-15(16)11-13-3-6-19-18(20-13)23-9-4-14(5-10-23)22-7-1-2-8-22/h3,6,11,14H,1-2,4-5,7-10,12H2,(H,21,25)/b15-11-. The molecule has 0 radical (unpaired) electrons. The Morgan fingerprint density at radius 1 is 1.12 bits per heavy atom. The number of ketones is 1. The van der Waals surface area contributed by atoms with Crippen LogP contribution in [0.2, 0.25) is 0 Å². The topological polar surface area (TPSA) is 78.4 Å². The van der Waals surface area contributed by atoms with Crippen molar-refractivity contribution >= 4 is 23.7 Å². The van der Waals surface area contributed by atoms with Gasteiger partial charge in [0.2, 0.25) is 11.9 Å². The highest BCUT2D eigenvalue weighted by Gasteiger charge is 2.27. The fourth-order valence-electron chi connectivity index (χ4n) is 3.90. The molecule has 3 saturated heterocycles. The van der Waals surface area contributed by atoms with Crippen molar-refractivity contribution in [3.05, 3.63) is 23.7 Å². The number of Topliss-reactive ketones (excluding diaryl/α,β-unsaturated/α-hetero) is 1. The summed E-state index contributed by atoms with van der Waals surface area (Å²) in [7, 11) is 0. The van der Waals surface area contributed by atoms with E-state index in [9.17, 15) is 9.59 Å². The molecule has 3 fully saturated rings. The summed E-state index contributed by atoms with van der Waals surface area (Å²) in [6, 6.07) is 2.45. The maximum atomic E-state index is 11.7. The molecular weight excluding hydrogens is 318 g/mol. The van der Waals surface area contributed by atoms with E-state index < -0.39 is 0 Å². The largest absolute Gasteiger partial charge is 0.341 e. The molecule has 4 heterocycles. The van der Waals surface area contributed by atoms with Crippen LogP contribution in [0.3, 0.4) is 0 Å². The van der Waals surface area contributed by atoms with Gasteiger partial charge in [0.05, 0.1) is 17.8 Å². The highest BCUT2D eigenvalue weighted by Crippen LogP contribution is 2.23. The second-order valence-electron chi connectivity index (χ2n) is 6.95. The number of anilines is 1. The van der Waals surface area contributed by atoms with E-state index in [4.69, 9.17) is 0 Å². The molecule has 4 rings (SSSR count). The first-order valence-electron chi connectivity index (χ1n) is 9.06. The Labute approximate surface area is 147 Å². The third kappa shape index (κ3) is 3.56. The third-order valence-electron chi connectivity index (χ3n) is 5.26. The van der Waals surface area contributed by atoms with E-state index in [1.165, 1.54) is 25.9 Å². The fourth-order valence-corrected chi connectivity index (χ4v) is 3.90. The number of hydrogen-bond donors (Lipinski definition) is 1. The molecule has 1 N–H and O–H groups in total. The molecule has 7 nitrogen and oxygen atoms in total. The molecule has 0 bridgehead atoms. The zero-order valence-electron chi connectivity index (χ0n) is 14.3. The van der Waals surface area contributed by atoms with Gasteiger partial charge in [-0.25, -0.2) is 9.97 Å². The van der Waals surface area contributed by atoms with Crippen LogP contribution >= 0.6 is 0 Å². The van der Waals surface area contributed by atoms with Crippen molar-refractivity contribution in [3.8, 4) is 0 Å². The molecule has 0 spiro atoms. The number of likely N-dealkylation sites (tertiary alicyclic amines) is 1. The molecule has 1 amide bonds. The van der Waals surface area contributed by atoms with Crippen LogP contribution in [0, 0.1) is 0 Å². The molecule has 0 unspecified atom stereocenters. The van der Waals surface area contributed by atoms with Gasteiger partial charge in [0.1, 0.15) is 0 Å². The lowest BCUT2D eigenvalue weighted by atomic mass is 10.0. The summed E-state index contributed by atoms with van der Waals surface area (Å²) >= 11 is 0. The molecule has 132 valence electrons. The Bertz CT molecular complexity index is 703. The van der Waals surface area contributed by atoms with Gasteiger partial charge in [-0.3, -0.25) is 9.59 Å². The lowest BCUT2D eigenvalue weighted by Gasteiger charge is -2.36. The van der Waals surface area contributed by atoms with Crippen LogP contribution in [0.1, 0.15) is 37.8 Å². The number of aromatic nitrogens is 2. The van der Waals surface area contributed by atoms with Gasteiger partial charge in [0.15, 0.2) is 5.78 Å². The van der Waals surface area contributed by atoms with Gasteiger partial charge >= 0.3 is 0 Å². The SMILES string of the molecule is O=C1CC(=O)/C(=C/c2ccnc(N3CCC(N4CCCC4)CC3)n2)N1. The van der Waals surface area contributed by atoms with Crippen molar-refractivity contribution in [2.75, 3.05) is 31.1 Å². The fraction of sp³-hybridized carbons (Fsp3) is 0.556. The van der Waals surface area contributed by atoms with Gasteiger partial charge in [0, 0.05) is 25.3 Å². The quantitative estimate of drug-likeness (QED) is 0.652. The van der Waals surface area contributed by atoms with Gasteiger partial charge < -0.3 is 15.1 Å². The number of rotatable bonds is 3.